The number of hydrogen-bond donors (Lipinski definition) is 0. The Bertz CT molecular complexity index is 645. The molecule has 3 rings (SSSR count). The first kappa shape index (κ1) is 13.0. The third-order valence-electron chi connectivity index (χ3n) is 3.67. The molecule has 1 aliphatic carbocycles. The molecule has 1 aromatic heterocycles. The SMILES string of the molecule is CC(=O)c1ccc(C2CC2)c(Cc2ccc(F)cc2)n1. The van der Waals surface area contributed by atoms with Crippen molar-refractivity contribution in [1.29, 1.82) is 0 Å². The van der Waals surface area contributed by atoms with E-state index in [1.165, 1.54) is 37.5 Å². The number of nitrogens with zero attached hydrogens (tertiary/aromatic N) is 1. The average Bonchev–Trinajstić information content (AvgIpc) is 3.26. The maximum atomic E-state index is 13.0. The highest BCUT2D eigenvalue weighted by atomic mass is 19.1. The van der Waals surface area contributed by atoms with Gasteiger partial charge in [-0.2, -0.15) is 0 Å². The van der Waals surface area contributed by atoms with Crippen molar-refractivity contribution >= 4 is 5.78 Å². The molecule has 1 saturated carbocycles. The third kappa shape index (κ3) is 2.77. The first-order valence-electron chi connectivity index (χ1n) is 6.88. The molecule has 2 nitrogen and oxygen atoms in total. The lowest BCUT2D eigenvalue weighted by Crippen LogP contribution is -2.04. The average molecular weight is 269 g/mol. The molecule has 3 heteroatoms. The summed E-state index contributed by atoms with van der Waals surface area (Å²) in [6.45, 7) is 1.53. The summed E-state index contributed by atoms with van der Waals surface area (Å²) in [7, 11) is 0. The number of Topliss-reactive ketones (excluding diaryl/α,β-unsaturated/α-hetero) is 1. The lowest BCUT2D eigenvalue weighted by molar-refractivity contribution is 0.101. The van der Waals surface area contributed by atoms with Crippen molar-refractivity contribution in [1.82, 2.24) is 4.98 Å². The van der Waals surface area contributed by atoms with Crippen molar-refractivity contribution in [2.45, 2.75) is 32.1 Å². The van der Waals surface area contributed by atoms with Gasteiger partial charge in [0.2, 0.25) is 0 Å². The fourth-order valence-corrected chi connectivity index (χ4v) is 2.41. The van der Waals surface area contributed by atoms with E-state index < -0.39 is 0 Å². The van der Waals surface area contributed by atoms with Gasteiger partial charge in [0.25, 0.3) is 0 Å². The Kier molecular flexibility index (Phi) is 3.35. The van der Waals surface area contributed by atoms with Crippen LogP contribution in [0.15, 0.2) is 36.4 Å². The molecule has 0 amide bonds. The number of hydrogen-bond acceptors (Lipinski definition) is 2. The highest BCUT2D eigenvalue weighted by Gasteiger charge is 2.27. The highest BCUT2D eigenvalue weighted by Crippen LogP contribution is 2.41. The number of benzene rings is 1. The van der Waals surface area contributed by atoms with Gasteiger partial charge in [0.15, 0.2) is 5.78 Å². The van der Waals surface area contributed by atoms with Gasteiger partial charge in [-0.3, -0.25) is 4.79 Å². The van der Waals surface area contributed by atoms with Gasteiger partial charge in [-0.15, -0.1) is 0 Å². The summed E-state index contributed by atoms with van der Waals surface area (Å²) in [6, 6.07) is 10.3. The summed E-state index contributed by atoms with van der Waals surface area (Å²) in [4.78, 5) is 16.0. The molecule has 0 radical (unpaired) electrons. The molecule has 0 aliphatic heterocycles. The molecule has 102 valence electrons. The van der Waals surface area contributed by atoms with Crippen molar-refractivity contribution in [3.05, 3.63) is 64.7 Å². The van der Waals surface area contributed by atoms with Gasteiger partial charge in [-0.1, -0.05) is 18.2 Å². The van der Waals surface area contributed by atoms with Crippen LogP contribution in [-0.4, -0.2) is 10.8 Å². The number of carbonyl (C=O) groups is 1. The summed E-state index contributed by atoms with van der Waals surface area (Å²) in [5.74, 6) is 0.327. The van der Waals surface area contributed by atoms with Crippen LogP contribution in [0.4, 0.5) is 4.39 Å². The molecular formula is C17H16FNO. The van der Waals surface area contributed by atoms with Crippen LogP contribution in [0.3, 0.4) is 0 Å². The molecule has 0 unspecified atom stereocenters. The predicted octanol–water partition coefficient (Wildman–Crippen LogP) is 3.89. The molecule has 0 bridgehead atoms. The second kappa shape index (κ2) is 5.16. The fraction of sp³-hybridized carbons (Fsp3) is 0.294. The van der Waals surface area contributed by atoms with E-state index in [9.17, 15) is 9.18 Å². The second-order valence-corrected chi connectivity index (χ2v) is 5.37. The van der Waals surface area contributed by atoms with Crippen molar-refractivity contribution in [3.8, 4) is 0 Å². The summed E-state index contributed by atoms with van der Waals surface area (Å²) in [5, 5.41) is 0. The van der Waals surface area contributed by atoms with Crippen molar-refractivity contribution in [3.63, 3.8) is 0 Å². The van der Waals surface area contributed by atoms with Crippen molar-refractivity contribution in [2.24, 2.45) is 0 Å². The van der Waals surface area contributed by atoms with Gasteiger partial charge < -0.3 is 0 Å². The van der Waals surface area contributed by atoms with Crippen LogP contribution >= 0.6 is 0 Å². The van der Waals surface area contributed by atoms with E-state index in [1.807, 2.05) is 12.1 Å². The van der Waals surface area contributed by atoms with Gasteiger partial charge in [0.05, 0.1) is 0 Å². The number of pyridine rings is 1. The largest absolute Gasteiger partial charge is 0.293 e. The minimum atomic E-state index is -0.235. The molecule has 1 aliphatic rings. The van der Waals surface area contributed by atoms with Crippen molar-refractivity contribution < 1.29 is 9.18 Å². The zero-order valence-corrected chi connectivity index (χ0v) is 11.4. The predicted molar refractivity (Wildman–Crippen MR) is 75.4 cm³/mol. The molecule has 2 aromatic rings. The molecule has 0 spiro atoms. The zero-order chi connectivity index (χ0) is 14.1. The van der Waals surface area contributed by atoms with Crippen LogP contribution in [0.1, 0.15) is 53.0 Å². The maximum Gasteiger partial charge on any atom is 0.178 e. The minimum Gasteiger partial charge on any atom is -0.293 e. The van der Waals surface area contributed by atoms with Gasteiger partial charge in [0, 0.05) is 19.0 Å². The monoisotopic (exact) mass is 269 g/mol. The molecule has 1 heterocycles. The molecule has 1 aromatic carbocycles. The van der Waals surface area contributed by atoms with E-state index in [2.05, 4.69) is 4.98 Å². The summed E-state index contributed by atoms with van der Waals surface area (Å²) in [5.41, 5.74) is 3.71. The smallest absolute Gasteiger partial charge is 0.178 e. The Balaban J connectivity index is 1.94. The standard InChI is InChI=1S/C17H16FNO/c1-11(20)16-9-8-15(13-4-5-13)17(19-16)10-12-2-6-14(18)7-3-12/h2-3,6-9,13H,4-5,10H2,1H3. The second-order valence-electron chi connectivity index (χ2n) is 5.37. The molecular weight excluding hydrogens is 253 g/mol. The Hall–Kier alpha value is -2.03. The van der Waals surface area contributed by atoms with Crippen LogP contribution in [0.2, 0.25) is 0 Å². The van der Waals surface area contributed by atoms with Crippen LogP contribution in [0.25, 0.3) is 0 Å². The fourth-order valence-electron chi connectivity index (χ4n) is 2.41. The van der Waals surface area contributed by atoms with Gasteiger partial charge in [-0.25, -0.2) is 9.37 Å². The normalized spacial score (nSPS) is 14.3. The quantitative estimate of drug-likeness (QED) is 0.788. The molecule has 0 saturated heterocycles. The van der Waals surface area contributed by atoms with E-state index in [0.29, 0.717) is 18.0 Å². The Morgan fingerprint density at radius 3 is 2.50 bits per heavy atom. The van der Waals surface area contributed by atoms with Crippen molar-refractivity contribution in [2.75, 3.05) is 0 Å². The van der Waals surface area contributed by atoms with E-state index in [0.717, 1.165) is 11.3 Å². The third-order valence-corrected chi connectivity index (χ3v) is 3.67. The summed E-state index contributed by atoms with van der Waals surface area (Å²) >= 11 is 0. The van der Waals surface area contributed by atoms with Crippen LogP contribution in [0.5, 0.6) is 0 Å². The van der Waals surface area contributed by atoms with Gasteiger partial charge >= 0.3 is 0 Å². The molecule has 20 heavy (non-hydrogen) atoms. The number of halogens is 1. The lowest BCUT2D eigenvalue weighted by atomic mass is 10.0. The Morgan fingerprint density at radius 2 is 1.90 bits per heavy atom. The number of ketones is 1. The van der Waals surface area contributed by atoms with E-state index in [-0.39, 0.29) is 11.6 Å². The summed E-state index contributed by atoms with van der Waals surface area (Å²) < 4.78 is 13.0. The van der Waals surface area contributed by atoms with Crippen LogP contribution in [0, 0.1) is 5.82 Å². The highest BCUT2D eigenvalue weighted by molar-refractivity contribution is 5.92. The van der Waals surface area contributed by atoms with Crippen LogP contribution < -0.4 is 0 Å². The zero-order valence-electron chi connectivity index (χ0n) is 11.4. The maximum absolute atomic E-state index is 13.0. The van der Waals surface area contributed by atoms with Gasteiger partial charge in [-0.05, 0) is 48.1 Å². The topological polar surface area (TPSA) is 30.0 Å². The number of rotatable bonds is 4. The van der Waals surface area contributed by atoms with E-state index in [4.69, 9.17) is 0 Å². The Morgan fingerprint density at radius 1 is 1.20 bits per heavy atom. The molecule has 1 fully saturated rings. The summed E-state index contributed by atoms with van der Waals surface area (Å²) in [6.07, 6.45) is 3.03. The first-order valence-corrected chi connectivity index (χ1v) is 6.88. The molecule has 0 atom stereocenters. The minimum absolute atomic E-state index is 0.0206. The number of carbonyl (C=O) groups excluding carboxylic acids is 1. The van der Waals surface area contributed by atoms with E-state index in [1.54, 1.807) is 12.1 Å². The van der Waals surface area contributed by atoms with Gasteiger partial charge in [0.1, 0.15) is 11.5 Å². The number of aromatic nitrogens is 1. The lowest BCUT2D eigenvalue weighted by Gasteiger charge is -2.09. The Labute approximate surface area is 117 Å². The first-order chi connectivity index (χ1) is 9.63. The molecule has 0 N–H and O–H groups in total. The van der Waals surface area contributed by atoms with E-state index >= 15 is 0 Å². The van der Waals surface area contributed by atoms with Crippen LogP contribution in [-0.2, 0) is 6.42 Å².